The second-order valence-electron chi connectivity index (χ2n) is 5.95. The molecule has 17 heavy (non-hydrogen) atoms. The number of furan rings is 1. The van der Waals surface area contributed by atoms with E-state index in [-0.39, 0.29) is 0 Å². The molecular weight excluding hydrogens is 210 g/mol. The molecule has 0 saturated heterocycles. The summed E-state index contributed by atoms with van der Waals surface area (Å²) in [5.74, 6) is 2.48. The van der Waals surface area contributed by atoms with Crippen LogP contribution in [0.4, 0.5) is 0 Å². The summed E-state index contributed by atoms with van der Waals surface area (Å²) in [6, 6.07) is 2.72. The van der Waals surface area contributed by atoms with Crippen LogP contribution in [0.15, 0.2) is 23.0 Å². The molecule has 0 aliphatic heterocycles. The molecule has 2 nitrogen and oxygen atoms in total. The fourth-order valence-electron chi connectivity index (χ4n) is 3.08. The molecule has 1 aromatic rings. The summed E-state index contributed by atoms with van der Waals surface area (Å²) in [5, 5.41) is 3.73. The number of hydrogen-bond donors (Lipinski definition) is 1. The molecule has 0 bridgehead atoms. The molecule has 1 N–H and O–H groups in total. The first-order chi connectivity index (χ1) is 8.16. The zero-order valence-corrected chi connectivity index (χ0v) is 11.3. The lowest BCUT2D eigenvalue weighted by molar-refractivity contribution is 0.169. The van der Waals surface area contributed by atoms with Crippen LogP contribution in [-0.4, -0.2) is 6.04 Å². The van der Waals surface area contributed by atoms with Crippen molar-refractivity contribution in [3.8, 4) is 0 Å². The lowest BCUT2D eigenvalue weighted by Crippen LogP contribution is -2.42. The van der Waals surface area contributed by atoms with E-state index in [1.165, 1.54) is 24.8 Å². The molecule has 1 fully saturated rings. The zero-order valence-electron chi connectivity index (χ0n) is 11.3. The average molecular weight is 235 g/mol. The summed E-state index contributed by atoms with van der Waals surface area (Å²) < 4.78 is 5.11. The lowest BCUT2D eigenvalue weighted by atomic mass is 9.74. The average Bonchev–Trinajstić information content (AvgIpc) is 2.78. The van der Waals surface area contributed by atoms with Crippen molar-refractivity contribution < 1.29 is 4.42 Å². The molecule has 0 aromatic carbocycles. The van der Waals surface area contributed by atoms with Crippen molar-refractivity contribution in [3.63, 3.8) is 0 Å². The summed E-state index contributed by atoms with van der Waals surface area (Å²) in [6.07, 6.45) is 7.68. The van der Waals surface area contributed by atoms with Crippen molar-refractivity contribution >= 4 is 0 Å². The summed E-state index contributed by atoms with van der Waals surface area (Å²) in [6.45, 7) is 8.03. The molecule has 1 saturated carbocycles. The second kappa shape index (κ2) is 5.72. The predicted octanol–water partition coefficient (Wildman–Crippen LogP) is 3.83. The maximum absolute atomic E-state index is 5.11. The van der Waals surface area contributed by atoms with E-state index in [2.05, 4.69) is 26.1 Å². The molecule has 1 aliphatic carbocycles. The van der Waals surface area contributed by atoms with E-state index in [0.717, 1.165) is 24.3 Å². The zero-order chi connectivity index (χ0) is 12.3. The molecule has 2 rings (SSSR count). The van der Waals surface area contributed by atoms with Crippen molar-refractivity contribution in [2.75, 3.05) is 0 Å². The van der Waals surface area contributed by atoms with Gasteiger partial charge in [0, 0.05) is 18.2 Å². The van der Waals surface area contributed by atoms with Gasteiger partial charge in [-0.25, -0.2) is 0 Å². The fourth-order valence-corrected chi connectivity index (χ4v) is 3.08. The summed E-state index contributed by atoms with van der Waals surface area (Å²) >= 11 is 0. The Kier molecular flexibility index (Phi) is 4.27. The topological polar surface area (TPSA) is 25.2 Å². The fraction of sp³-hybridized carbons (Fsp3) is 0.733. The minimum absolute atomic E-state index is 0.675. The Morgan fingerprint density at radius 2 is 2.24 bits per heavy atom. The number of hydrogen-bond acceptors (Lipinski definition) is 2. The second-order valence-corrected chi connectivity index (χ2v) is 5.95. The van der Waals surface area contributed by atoms with Gasteiger partial charge in [-0.1, -0.05) is 27.2 Å². The minimum atomic E-state index is 0.675. The molecule has 1 heterocycles. The molecule has 3 atom stereocenters. The van der Waals surface area contributed by atoms with Gasteiger partial charge in [0.25, 0.3) is 0 Å². The van der Waals surface area contributed by atoms with E-state index in [0.29, 0.717) is 6.04 Å². The van der Waals surface area contributed by atoms with Crippen LogP contribution in [0.2, 0.25) is 0 Å². The SMILES string of the molecule is CC1CCC(C(C)C)C(NCc2ccoc2)C1. The molecule has 0 spiro atoms. The Balaban J connectivity index is 1.90. The van der Waals surface area contributed by atoms with Gasteiger partial charge < -0.3 is 9.73 Å². The number of nitrogens with one attached hydrogen (secondary N) is 1. The van der Waals surface area contributed by atoms with Crippen molar-refractivity contribution in [1.82, 2.24) is 5.32 Å². The molecule has 1 aliphatic rings. The van der Waals surface area contributed by atoms with Crippen LogP contribution in [0.25, 0.3) is 0 Å². The van der Waals surface area contributed by atoms with E-state index in [1.54, 1.807) is 6.26 Å². The van der Waals surface area contributed by atoms with E-state index >= 15 is 0 Å². The molecule has 0 radical (unpaired) electrons. The van der Waals surface area contributed by atoms with Gasteiger partial charge in [0.2, 0.25) is 0 Å². The lowest BCUT2D eigenvalue weighted by Gasteiger charge is -2.38. The van der Waals surface area contributed by atoms with Gasteiger partial charge in [-0.05, 0) is 36.7 Å². The Morgan fingerprint density at radius 3 is 2.88 bits per heavy atom. The van der Waals surface area contributed by atoms with Crippen LogP contribution < -0.4 is 5.32 Å². The quantitative estimate of drug-likeness (QED) is 0.858. The van der Waals surface area contributed by atoms with Crippen molar-refractivity contribution in [2.45, 2.75) is 52.6 Å². The van der Waals surface area contributed by atoms with Gasteiger partial charge in [0.1, 0.15) is 0 Å². The summed E-state index contributed by atoms with van der Waals surface area (Å²) in [5.41, 5.74) is 1.26. The van der Waals surface area contributed by atoms with Crippen molar-refractivity contribution in [2.24, 2.45) is 17.8 Å². The van der Waals surface area contributed by atoms with Crippen LogP contribution in [0.5, 0.6) is 0 Å². The van der Waals surface area contributed by atoms with Gasteiger partial charge in [-0.2, -0.15) is 0 Å². The normalized spacial score (nSPS) is 29.8. The largest absolute Gasteiger partial charge is 0.472 e. The Labute approximate surface area is 105 Å². The molecule has 1 aromatic heterocycles. The van der Waals surface area contributed by atoms with Crippen LogP contribution in [-0.2, 0) is 6.54 Å². The van der Waals surface area contributed by atoms with Crippen LogP contribution >= 0.6 is 0 Å². The summed E-state index contributed by atoms with van der Waals surface area (Å²) in [7, 11) is 0. The third-order valence-corrected chi connectivity index (χ3v) is 4.17. The monoisotopic (exact) mass is 235 g/mol. The van der Waals surface area contributed by atoms with Gasteiger partial charge in [-0.3, -0.25) is 0 Å². The van der Waals surface area contributed by atoms with E-state index in [4.69, 9.17) is 4.42 Å². The maximum atomic E-state index is 5.11. The molecule has 2 heteroatoms. The highest BCUT2D eigenvalue weighted by Crippen LogP contribution is 2.33. The molecule has 0 amide bonds. The third-order valence-electron chi connectivity index (χ3n) is 4.17. The Hall–Kier alpha value is -0.760. The van der Waals surface area contributed by atoms with Gasteiger partial charge >= 0.3 is 0 Å². The van der Waals surface area contributed by atoms with E-state index in [1.807, 2.05) is 12.3 Å². The highest BCUT2D eigenvalue weighted by Gasteiger charge is 2.30. The van der Waals surface area contributed by atoms with E-state index in [9.17, 15) is 0 Å². The van der Waals surface area contributed by atoms with Crippen molar-refractivity contribution in [3.05, 3.63) is 24.2 Å². The Bertz CT molecular complexity index is 318. The highest BCUT2D eigenvalue weighted by atomic mass is 16.3. The number of rotatable bonds is 4. The first-order valence-corrected chi connectivity index (χ1v) is 6.91. The molecule has 96 valence electrons. The van der Waals surface area contributed by atoms with Gasteiger partial charge in [-0.15, -0.1) is 0 Å². The van der Waals surface area contributed by atoms with Gasteiger partial charge in [0.05, 0.1) is 12.5 Å². The summed E-state index contributed by atoms with van der Waals surface area (Å²) in [4.78, 5) is 0. The standard InChI is InChI=1S/C15H25NO/c1-11(2)14-5-4-12(3)8-15(14)16-9-13-6-7-17-10-13/h6-7,10-12,14-16H,4-5,8-9H2,1-3H3. The van der Waals surface area contributed by atoms with E-state index < -0.39 is 0 Å². The minimum Gasteiger partial charge on any atom is -0.472 e. The molecular formula is C15H25NO. The van der Waals surface area contributed by atoms with Gasteiger partial charge in [0.15, 0.2) is 0 Å². The van der Waals surface area contributed by atoms with Crippen LogP contribution in [0.1, 0.15) is 45.6 Å². The smallest absolute Gasteiger partial charge is 0.0947 e. The Morgan fingerprint density at radius 1 is 1.41 bits per heavy atom. The van der Waals surface area contributed by atoms with Crippen LogP contribution in [0.3, 0.4) is 0 Å². The maximum Gasteiger partial charge on any atom is 0.0947 e. The third kappa shape index (κ3) is 3.35. The predicted molar refractivity (Wildman–Crippen MR) is 70.7 cm³/mol. The van der Waals surface area contributed by atoms with Crippen molar-refractivity contribution in [1.29, 1.82) is 0 Å². The van der Waals surface area contributed by atoms with Crippen LogP contribution in [0, 0.1) is 17.8 Å². The first-order valence-electron chi connectivity index (χ1n) is 6.91. The molecule has 3 unspecified atom stereocenters. The first kappa shape index (κ1) is 12.7. The highest BCUT2D eigenvalue weighted by molar-refractivity contribution is 5.05.